The van der Waals surface area contributed by atoms with E-state index in [0.29, 0.717) is 24.5 Å². The van der Waals surface area contributed by atoms with Crippen molar-refractivity contribution < 1.29 is 4.79 Å². The molecular formula is C12H18N6O. The first-order chi connectivity index (χ1) is 9.04. The Bertz CT molecular complexity index is 585. The third kappa shape index (κ3) is 2.44. The van der Waals surface area contributed by atoms with E-state index in [4.69, 9.17) is 5.73 Å². The summed E-state index contributed by atoms with van der Waals surface area (Å²) in [6.45, 7) is 2.95. The predicted octanol–water partition coefficient (Wildman–Crippen LogP) is 0.491. The monoisotopic (exact) mass is 262 g/mol. The smallest absolute Gasteiger partial charge is 0.274 e. The molecule has 2 heterocycles. The van der Waals surface area contributed by atoms with E-state index in [1.165, 1.54) is 6.20 Å². The summed E-state index contributed by atoms with van der Waals surface area (Å²) in [5, 5.41) is 4.08. The Morgan fingerprint density at radius 2 is 2.26 bits per heavy atom. The summed E-state index contributed by atoms with van der Waals surface area (Å²) in [7, 11) is 3.62. The van der Waals surface area contributed by atoms with Gasteiger partial charge in [0.25, 0.3) is 5.91 Å². The second kappa shape index (κ2) is 5.13. The van der Waals surface area contributed by atoms with E-state index < -0.39 is 0 Å². The van der Waals surface area contributed by atoms with Gasteiger partial charge in [-0.2, -0.15) is 5.10 Å². The van der Waals surface area contributed by atoms with Crippen molar-refractivity contribution in [3.63, 3.8) is 0 Å². The van der Waals surface area contributed by atoms with Crippen LogP contribution in [0.2, 0.25) is 0 Å². The van der Waals surface area contributed by atoms with E-state index in [-0.39, 0.29) is 5.91 Å². The minimum atomic E-state index is -0.153. The normalized spacial score (nSPS) is 10.7. The lowest BCUT2D eigenvalue weighted by Gasteiger charge is -2.17. The first-order valence-corrected chi connectivity index (χ1v) is 6.07. The van der Waals surface area contributed by atoms with Gasteiger partial charge in [-0.05, 0) is 6.92 Å². The Hall–Kier alpha value is -2.31. The largest absolute Gasteiger partial charge is 0.396 e. The average Bonchev–Trinajstić information content (AvgIpc) is 2.95. The highest BCUT2D eigenvalue weighted by Crippen LogP contribution is 2.14. The molecule has 0 aromatic carbocycles. The Morgan fingerprint density at radius 1 is 1.53 bits per heavy atom. The fourth-order valence-electron chi connectivity index (χ4n) is 1.89. The molecule has 0 atom stereocenters. The van der Waals surface area contributed by atoms with Crippen LogP contribution < -0.4 is 5.73 Å². The summed E-state index contributed by atoms with van der Waals surface area (Å²) >= 11 is 0. The Balaban J connectivity index is 2.19. The van der Waals surface area contributed by atoms with E-state index in [0.717, 1.165) is 5.82 Å². The van der Waals surface area contributed by atoms with Gasteiger partial charge in [-0.3, -0.25) is 9.48 Å². The third-order valence-electron chi connectivity index (χ3n) is 3.02. The topological polar surface area (TPSA) is 82.0 Å². The maximum absolute atomic E-state index is 12.4. The summed E-state index contributed by atoms with van der Waals surface area (Å²) in [5.74, 6) is 0.664. The van der Waals surface area contributed by atoms with Crippen LogP contribution in [0.15, 0.2) is 18.6 Å². The van der Waals surface area contributed by atoms with Crippen LogP contribution >= 0.6 is 0 Å². The molecule has 0 bridgehead atoms. The molecule has 7 heteroatoms. The van der Waals surface area contributed by atoms with Gasteiger partial charge in [0, 0.05) is 33.0 Å². The molecule has 1 amide bonds. The van der Waals surface area contributed by atoms with Gasteiger partial charge >= 0.3 is 0 Å². The molecule has 0 aliphatic carbocycles. The summed E-state index contributed by atoms with van der Waals surface area (Å²) in [6.07, 6.45) is 5.06. The first-order valence-electron chi connectivity index (χ1n) is 6.07. The molecular weight excluding hydrogens is 244 g/mol. The molecule has 2 rings (SSSR count). The lowest BCUT2D eigenvalue weighted by molar-refractivity contribution is 0.0769. The van der Waals surface area contributed by atoms with Crippen LogP contribution in [0.4, 0.5) is 5.69 Å². The number of hydrogen-bond donors (Lipinski definition) is 1. The predicted molar refractivity (Wildman–Crippen MR) is 71.3 cm³/mol. The minimum absolute atomic E-state index is 0.153. The summed E-state index contributed by atoms with van der Waals surface area (Å²) < 4.78 is 3.48. The molecule has 19 heavy (non-hydrogen) atoms. The number of nitrogen functional groups attached to an aromatic ring is 1. The van der Waals surface area contributed by atoms with Gasteiger partial charge in [-0.15, -0.1) is 0 Å². The van der Waals surface area contributed by atoms with Gasteiger partial charge in [0.2, 0.25) is 0 Å². The van der Waals surface area contributed by atoms with E-state index in [1.54, 1.807) is 22.8 Å². The molecule has 0 spiro atoms. The van der Waals surface area contributed by atoms with Gasteiger partial charge in [0.15, 0.2) is 0 Å². The molecule has 0 aliphatic heterocycles. The summed E-state index contributed by atoms with van der Waals surface area (Å²) in [6, 6.07) is 0. The molecule has 0 fully saturated rings. The SMILES string of the molecule is CCn1ncc(N)c1C(=O)N(C)Cc1nccn1C. The average molecular weight is 262 g/mol. The highest BCUT2D eigenvalue weighted by atomic mass is 16.2. The maximum Gasteiger partial charge on any atom is 0.274 e. The van der Waals surface area contributed by atoms with Crippen LogP contribution in [0.1, 0.15) is 23.2 Å². The van der Waals surface area contributed by atoms with Gasteiger partial charge in [0.1, 0.15) is 11.5 Å². The molecule has 102 valence electrons. The lowest BCUT2D eigenvalue weighted by atomic mass is 10.3. The van der Waals surface area contributed by atoms with Gasteiger partial charge in [-0.1, -0.05) is 0 Å². The number of carbonyl (C=O) groups is 1. The molecule has 2 aromatic heterocycles. The van der Waals surface area contributed by atoms with Crippen molar-refractivity contribution in [1.29, 1.82) is 0 Å². The van der Waals surface area contributed by atoms with Crippen molar-refractivity contribution in [2.45, 2.75) is 20.0 Å². The molecule has 0 aliphatic rings. The van der Waals surface area contributed by atoms with Crippen molar-refractivity contribution in [3.8, 4) is 0 Å². The maximum atomic E-state index is 12.4. The molecule has 0 saturated heterocycles. The third-order valence-corrected chi connectivity index (χ3v) is 3.02. The molecule has 0 radical (unpaired) electrons. The van der Waals surface area contributed by atoms with E-state index in [9.17, 15) is 4.79 Å². The lowest BCUT2D eigenvalue weighted by Crippen LogP contribution is -2.30. The van der Waals surface area contributed by atoms with Crippen LogP contribution in [0, 0.1) is 0 Å². The van der Waals surface area contributed by atoms with Crippen molar-refractivity contribution in [3.05, 3.63) is 30.1 Å². The van der Waals surface area contributed by atoms with Crippen LogP contribution in [0.3, 0.4) is 0 Å². The number of aryl methyl sites for hydroxylation is 2. The van der Waals surface area contributed by atoms with Crippen molar-refractivity contribution in [2.75, 3.05) is 12.8 Å². The number of aromatic nitrogens is 4. The number of nitrogens with two attached hydrogens (primary N) is 1. The number of amides is 1. The van der Waals surface area contributed by atoms with Crippen LogP contribution in [-0.4, -0.2) is 37.2 Å². The first kappa shape index (κ1) is 13.1. The van der Waals surface area contributed by atoms with Crippen molar-refractivity contribution in [1.82, 2.24) is 24.2 Å². The Kier molecular flexibility index (Phi) is 3.55. The number of imidazole rings is 1. The Morgan fingerprint density at radius 3 is 2.84 bits per heavy atom. The van der Waals surface area contributed by atoms with Gasteiger partial charge < -0.3 is 15.2 Å². The highest BCUT2D eigenvalue weighted by Gasteiger charge is 2.20. The minimum Gasteiger partial charge on any atom is -0.396 e. The highest BCUT2D eigenvalue weighted by molar-refractivity contribution is 5.97. The zero-order chi connectivity index (χ0) is 14.0. The van der Waals surface area contributed by atoms with E-state index in [2.05, 4.69) is 10.1 Å². The summed E-state index contributed by atoms with van der Waals surface area (Å²) in [4.78, 5) is 18.2. The molecule has 2 N–H and O–H groups in total. The molecule has 0 unspecified atom stereocenters. The molecule has 7 nitrogen and oxygen atoms in total. The van der Waals surface area contributed by atoms with Gasteiger partial charge in [0.05, 0.1) is 18.4 Å². The van der Waals surface area contributed by atoms with Crippen LogP contribution in [-0.2, 0) is 20.1 Å². The Labute approximate surface area is 111 Å². The fraction of sp³-hybridized carbons (Fsp3) is 0.417. The van der Waals surface area contributed by atoms with Crippen LogP contribution in [0.5, 0.6) is 0 Å². The standard InChI is InChI=1S/C12H18N6O/c1-4-18-11(9(13)7-15-18)12(19)17(3)8-10-14-5-6-16(10)2/h5-7H,4,8,13H2,1-3H3. The number of rotatable bonds is 4. The fourth-order valence-corrected chi connectivity index (χ4v) is 1.89. The van der Waals surface area contributed by atoms with Gasteiger partial charge in [-0.25, -0.2) is 4.98 Å². The number of anilines is 1. The molecule has 2 aromatic rings. The molecule has 0 saturated carbocycles. The number of carbonyl (C=O) groups excluding carboxylic acids is 1. The van der Waals surface area contributed by atoms with E-state index in [1.807, 2.05) is 24.7 Å². The zero-order valence-electron chi connectivity index (χ0n) is 11.4. The number of nitrogens with zero attached hydrogens (tertiary/aromatic N) is 5. The second-order valence-corrected chi connectivity index (χ2v) is 4.38. The van der Waals surface area contributed by atoms with Crippen molar-refractivity contribution >= 4 is 11.6 Å². The quantitative estimate of drug-likeness (QED) is 0.869. The summed E-state index contributed by atoms with van der Waals surface area (Å²) in [5.41, 5.74) is 6.64. The second-order valence-electron chi connectivity index (χ2n) is 4.38. The van der Waals surface area contributed by atoms with Crippen molar-refractivity contribution in [2.24, 2.45) is 7.05 Å². The number of hydrogen-bond acceptors (Lipinski definition) is 4. The van der Waals surface area contributed by atoms with Crippen LogP contribution in [0.25, 0.3) is 0 Å². The zero-order valence-corrected chi connectivity index (χ0v) is 11.4. The van der Waals surface area contributed by atoms with E-state index >= 15 is 0 Å².